The summed E-state index contributed by atoms with van der Waals surface area (Å²) >= 11 is 7.30. The average molecular weight is 378 g/mol. The van der Waals surface area contributed by atoms with Crippen molar-refractivity contribution >= 4 is 31.9 Å². The minimum absolute atomic E-state index is 0.310. The Morgan fingerprint density at radius 1 is 1.22 bits per heavy atom. The number of halogens is 2. The summed E-state index contributed by atoms with van der Waals surface area (Å²) in [4.78, 5) is 0.310. The summed E-state index contributed by atoms with van der Waals surface area (Å²) in [5.41, 5.74) is 1.58. The maximum absolute atomic E-state index is 5.48. The highest BCUT2D eigenvalue weighted by Gasteiger charge is 2.50. The van der Waals surface area contributed by atoms with Gasteiger partial charge in [-0.15, -0.1) is 0 Å². The maximum atomic E-state index is 5.48. The van der Waals surface area contributed by atoms with Gasteiger partial charge in [-0.25, -0.2) is 0 Å². The third kappa shape index (κ3) is 2.55. The molecule has 0 aromatic heterocycles. The molecule has 1 aliphatic rings. The molecular formula is C14H18Br2O2. The molecule has 0 spiro atoms. The molecule has 2 atom stereocenters. The first kappa shape index (κ1) is 14.2. The normalized spacial score (nSPS) is 22.4. The van der Waals surface area contributed by atoms with Crippen LogP contribution in [0, 0.1) is 11.3 Å². The molecule has 0 heterocycles. The fourth-order valence-corrected chi connectivity index (χ4v) is 4.07. The molecule has 1 aromatic rings. The number of benzene rings is 1. The summed E-state index contributed by atoms with van der Waals surface area (Å²) in [6.45, 7) is 4.60. The van der Waals surface area contributed by atoms with Crippen LogP contribution in [0.4, 0.5) is 0 Å². The molecule has 1 fully saturated rings. The predicted molar refractivity (Wildman–Crippen MR) is 80.8 cm³/mol. The van der Waals surface area contributed by atoms with Gasteiger partial charge in [-0.05, 0) is 45.8 Å². The molecule has 0 aliphatic heterocycles. The Balaban J connectivity index is 2.36. The molecule has 1 aromatic carbocycles. The molecule has 2 unspecified atom stereocenters. The van der Waals surface area contributed by atoms with Crippen LogP contribution in [0.25, 0.3) is 0 Å². The number of hydrogen-bond donors (Lipinski definition) is 0. The number of rotatable bonds is 4. The number of ether oxygens (including phenoxy) is 2. The molecule has 0 radical (unpaired) electrons. The molecule has 2 rings (SSSR count). The maximum Gasteiger partial charge on any atom is 0.133 e. The Bertz CT molecular complexity index is 457. The first-order chi connectivity index (χ1) is 8.40. The van der Waals surface area contributed by atoms with Crippen molar-refractivity contribution in [3.8, 4) is 11.5 Å². The molecule has 0 saturated heterocycles. The molecule has 0 bridgehead atoms. The van der Waals surface area contributed by atoms with Crippen LogP contribution in [-0.4, -0.2) is 14.2 Å². The van der Waals surface area contributed by atoms with Gasteiger partial charge in [0.25, 0.3) is 0 Å². The van der Waals surface area contributed by atoms with E-state index < -0.39 is 0 Å². The Morgan fingerprint density at radius 2 is 1.78 bits per heavy atom. The van der Waals surface area contributed by atoms with Crippen molar-refractivity contribution in [3.05, 3.63) is 22.2 Å². The number of methoxy groups -OCH3 is 2. The molecule has 100 valence electrons. The summed E-state index contributed by atoms with van der Waals surface area (Å²) < 4.78 is 11.8. The standard InChI is InChI=1S/C14H18Br2O2/c1-14(2)7-9(14)13(16)8-5-12(18-4)10(15)6-11(8)17-3/h5-6,9,13H,7H2,1-4H3. The zero-order valence-electron chi connectivity index (χ0n) is 11.1. The van der Waals surface area contributed by atoms with E-state index in [4.69, 9.17) is 9.47 Å². The van der Waals surface area contributed by atoms with Gasteiger partial charge in [0.1, 0.15) is 11.5 Å². The van der Waals surface area contributed by atoms with Crippen LogP contribution in [0.15, 0.2) is 16.6 Å². The fraction of sp³-hybridized carbons (Fsp3) is 0.571. The topological polar surface area (TPSA) is 18.5 Å². The molecule has 4 heteroatoms. The van der Waals surface area contributed by atoms with Crippen LogP contribution >= 0.6 is 31.9 Å². The van der Waals surface area contributed by atoms with Gasteiger partial charge in [-0.3, -0.25) is 0 Å². The summed E-state index contributed by atoms with van der Waals surface area (Å²) in [6.07, 6.45) is 1.24. The Kier molecular flexibility index (Phi) is 3.98. The molecule has 1 aliphatic carbocycles. The van der Waals surface area contributed by atoms with Gasteiger partial charge in [0, 0.05) is 10.4 Å². The highest BCUT2D eigenvalue weighted by molar-refractivity contribution is 9.10. The van der Waals surface area contributed by atoms with Crippen LogP contribution in [-0.2, 0) is 0 Å². The summed E-state index contributed by atoms with van der Waals surface area (Å²) in [6, 6.07) is 4.02. The van der Waals surface area contributed by atoms with E-state index in [-0.39, 0.29) is 0 Å². The fourth-order valence-electron chi connectivity index (χ4n) is 2.32. The lowest BCUT2D eigenvalue weighted by Gasteiger charge is -2.17. The quantitative estimate of drug-likeness (QED) is 0.691. The number of hydrogen-bond acceptors (Lipinski definition) is 2. The van der Waals surface area contributed by atoms with E-state index >= 15 is 0 Å². The van der Waals surface area contributed by atoms with Crippen LogP contribution in [0.1, 0.15) is 30.7 Å². The van der Waals surface area contributed by atoms with Gasteiger partial charge in [-0.2, -0.15) is 0 Å². The zero-order chi connectivity index (χ0) is 13.5. The summed E-state index contributed by atoms with van der Waals surface area (Å²) in [7, 11) is 3.39. The van der Waals surface area contributed by atoms with Crippen molar-refractivity contribution < 1.29 is 9.47 Å². The predicted octanol–water partition coefficient (Wildman–Crippen LogP) is 4.95. The van der Waals surface area contributed by atoms with Gasteiger partial charge < -0.3 is 9.47 Å². The highest BCUT2D eigenvalue weighted by Crippen LogP contribution is 2.61. The smallest absolute Gasteiger partial charge is 0.133 e. The molecule has 1 saturated carbocycles. The third-order valence-corrected chi connectivity index (χ3v) is 5.50. The van der Waals surface area contributed by atoms with Crippen molar-refractivity contribution in [1.29, 1.82) is 0 Å². The molecule has 18 heavy (non-hydrogen) atoms. The second-order valence-electron chi connectivity index (χ2n) is 5.43. The van der Waals surface area contributed by atoms with Gasteiger partial charge >= 0.3 is 0 Å². The van der Waals surface area contributed by atoms with Gasteiger partial charge in [0.05, 0.1) is 18.7 Å². The van der Waals surface area contributed by atoms with Gasteiger partial charge in [-0.1, -0.05) is 29.8 Å². The van der Waals surface area contributed by atoms with E-state index in [0.29, 0.717) is 16.2 Å². The first-order valence-corrected chi connectivity index (χ1v) is 7.67. The van der Waals surface area contributed by atoms with E-state index in [0.717, 1.165) is 21.5 Å². The molecule has 2 nitrogen and oxygen atoms in total. The zero-order valence-corrected chi connectivity index (χ0v) is 14.3. The van der Waals surface area contributed by atoms with Crippen molar-refractivity contribution in [2.24, 2.45) is 11.3 Å². The first-order valence-electron chi connectivity index (χ1n) is 5.96. The highest BCUT2D eigenvalue weighted by atomic mass is 79.9. The average Bonchev–Trinajstić information content (AvgIpc) is 2.97. The SMILES string of the molecule is COc1cc(C(Br)C2CC2(C)C)c(OC)cc1Br. The monoisotopic (exact) mass is 376 g/mol. The Labute approximate surface area is 125 Å². The largest absolute Gasteiger partial charge is 0.496 e. The molecule has 0 N–H and O–H groups in total. The Hall–Kier alpha value is -0.220. The second kappa shape index (κ2) is 5.04. The van der Waals surface area contributed by atoms with Crippen molar-refractivity contribution in [2.75, 3.05) is 14.2 Å². The van der Waals surface area contributed by atoms with Crippen LogP contribution in [0.3, 0.4) is 0 Å². The van der Waals surface area contributed by atoms with E-state index in [2.05, 4.69) is 51.8 Å². The van der Waals surface area contributed by atoms with E-state index in [1.807, 2.05) is 6.07 Å². The van der Waals surface area contributed by atoms with Crippen LogP contribution in [0.2, 0.25) is 0 Å². The minimum Gasteiger partial charge on any atom is -0.496 e. The van der Waals surface area contributed by atoms with E-state index in [1.54, 1.807) is 14.2 Å². The molecule has 0 amide bonds. The van der Waals surface area contributed by atoms with Crippen LogP contribution < -0.4 is 9.47 Å². The van der Waals surface area contributed by atoms with Gasteiger partial charge in [0.15, 0.2) is 0 Å². The lowest BCUT2D eigenvalue weighted by molar-refractivity contribution is 0.394. The van der Waals surface area contributed by atoms with Crippen molar-refractivity contribution in [2.45, 2.75) is 25.1 Å². The van der Waals surface area contributed by atoms with E-state index in [9.17, 15) is 0 Å². The number of alkyl halides is 1. The summed E-state index contributed by atoms with van der Waals surface area (Å²) in [5, 5.41) is 0. The lowest BCUT2D eigenvalue weighted by Crippen LogP contribution is -2.02. The second-order valence-corrected chi connectivity index (χ2v) is 7.27. The lowest BCUT2D eigenvalue weighted by atomic mass is 10.0. The van der Waals surface area contributed by atoms with Gasteiger partial charge in [0.2, 0.25) is 0 Å². The third-order valence-electron chi connectivity index (χ3n) is 3.74. The van der Waals surface area contributed by atoms with E-state index in [1.165, 1.54) is 6.42 Å². The minimum atomic E-state index is 0.310. The summed E-state index contributed by atoms with van der Waals surface area (Å²) in [5.74, 6) is 2.39. The van der Waals surface area contributed by atoms with Crippen molar-refractivity contribution in [3.63, 3.8) is 0 Å². The van der Waals surface area contributed by atoms with Crippen molar-refractivity contribution in [1.82, 2.24) is 0 Å². The van der Waals surface area contributed by atoms with Crippen LogP contribution in [0.5, 0.6) is 11.5 Å². The Morgan fingerprint density at radius 3 is 2.22 bits per heavy atom. The molecular weight excluding hydrogens is 360 g/mol.